The Balaban J connectivity index is 1.60. The molecule has 0 aromatic carbocycles. The molecule has 0 bridgehead atoms. The van der Waals surface area contributed by atoms with Gasteiger partial charge in [0.1, 0.15) is 5.76 Å². The van der Waals surface area contributed by atoms with Crippen molar-refractivity contribution >= 4 is 21.8 Å². The van der Waals surface area contributed by atoms with Gasteiger partial charge in [0.05, 0.1) is 6.54 Å². The maximum atomic E-state index is 12.2. The van der Waals surface area contributed by atoms with Gasteiger partial charge in [-0.25, -0.2) is 13.1 Å². The SMILES string of the molecule is O=S(=O)(NC1CCSCC1)c1ccc(CNC2CC2)o1. The Morgan fingerprint density at radius 1 is 1.15 bits per heavy atom. The fraction of sp³-hybridized carbons (Fsp3) is 0.692. The summed E-state index contributed by atoms with van der Waals surface area (Å²) >= 11 is 1.87. The molecule has 2 fully saturated rings. The second-order valence-electron chi connectivity index (χ2n) is 5.38. The Hall–Kier alpha value is -0.500. The van der Waals surface area contributed by atoms with Crippen molar-refractivity contribution in [3.05, 3.63) is 17.9 Å². The molecule has 1 aliphatic carbocycles. The van der Waals surface area contributed by atoms with Crippen LogP contribution in [0.15, 0.2) is 21.6 Å². The Morgan fingerprint density at radius 3 is 2.60 bits per heavy atom. The first-order valence-electron chi connectivity index (χ1n) is 7.06. The average molecular weight is 316 g/mol. The Bertz CT molecular complexity index is 546. The summed E-state index contributed by atoms with van der Waals surface area (Å²) in [6.45, 7) is 0.597. The summed E-state index contributed by atoms with van der Waals surface area (Å²) in [7, 11) is -3.52. The van der Waals surface area contributed by atoms with Crippen LogP contribution in [-0.4, -0.2) is 32.0 Å². The van der Waals surface area contributed by atoms with E-state index < -0.39 is 10.0 Å². The Kier molecular flexibility index (Phi) is 4.40. The van der Waals surface area contributed by atoms with E-state index in [1.54, 1.807) is 12.1 Å². The van der Waals surface area contributed by atoms with Crippen LogP contribution in [0.25, 0.3) is 0 Å². The molecule has 1 aromatic rings. The van der Waals surface area contributed by atoms with E-state index in [1.807, 2.05) is 11.8 Å². The van der Waals surface area contributed by atoms with Gasteiger partial charge in [0.2, 0.25) is 5.09 Å². The van der Waals surface area contributed by atoms with Crippen molar-refractivity contribution in [2.24, 2.45) is 0 Å². The maximum Gasteiger partial charge on any atom is 0.274 e. The molecular weight excluding hydrogens is 296 g/mol. The van der Waals surface area contributed by atoms with Crippen LogP contribution in [0.1, 0.15) is 31.4 Å². The lowest BCUT2D eigenvalue weighted by Gasteiger charge is -2.21. The number of sulfonamides is 1. The third-order valence-corrected chi connectivity index (χ3v) is 6.03. The van der Waals surface area contributed by atoms with E-state index in [2.05, 4.69) is 10.0 Å². The molecule has 0 radical (unpaired) electrons. The fourth-order valence-electron chi connectivity index (χ4n) is 2.22. The molecule has 1 saturated heterocycles. The largest absolute Gasteiger partial charge is 0.447 e. The molecule has 2 heterocycles. The molecule has 1 aliphatic heterocycles. The lowest BCUT2D eigenvalue weighted by Crippen LogP contribution is -2.37. The lowest BCUT2D eigenvalue weighted by molar-refractivity contribution is 0.396. The summed E-state index contributed by atoms with van der Waals surface area (Å²) in [4.78, 5) is 0. The van der Waals surface area contributed by atoms with Crippen LogP contribution >= 0.6 is 11.8 Å². The number of hydrogen-bond acceptors (Lipinski definition) is 5. The van der Waals surface area contributed by atoms with Gasteiger partial charge in [0.25, 0.3) is 10.0 Å². The van der Waals surface area contributed by atoms with Crippen molar-refractivity contribution in [2.75, 3.05) is 11.5 Å². The zero-order chi connectivity index (χ0) is 14.0. The van der Waals surface area contributed by atoms with Crippen molar-refractivity contribution in [3.63, 3.8) is 0 Å². The van der Waals surface area contributed by atoms with Gasteiger partial charge in [0, 0.05) is 12.1 Å². The molecule has 2 aliphatic rings. The Morgan fingerprint density at radius 2 is 1.90 bits per heavy atom. The van der Waals surface area contributed by atoms with Gasteiger partial charge in [-0.15, -0.1) is 0 Å². The third kappa shape index (κ3) is 3.78. The van der Waals surface area contributed by atoms with Crippen molar-refractivity contribution in [2.45, 2.75) is 49.4 Å². The number of thioether (sulfide) groups is 1. The standard InChI is InChI=1S/C13H20N2O3S2/c16-20(17,15-11-5-7-19-8-6-11)13-4-3-12(18-13)9-14-10-1-2-10/h3-4,10-11,14-15H,1-2,5-9H2. The summed E-state index contributed by atoms with van der Waals surface area (Å²) in [6, 6.07) is 3.90. The van der Waals surface area contributed by atoms with Crippen molar-refractivity contribution in [1.29, 1.82) is 0 Å². The van der Waals surface area contributed by atoms with E-state index in [9.17, 15) is 8.42 Å². The number of furan rings is 1. The van der Waals surface area contributed by atoms with Crippen LogP contribution in [0.2, 0.25) is 0 Å². The zero-order valence-corrected chi connectivity index (χ0v) is 12.9. The average Bonchev–Trinajstić information content (AvgIpc) is 3.13. The molecule has 20 heavy (non-hydrogen) atoms. The monoisotopic (exact) mass is 316 g/mol. The number of rotatable bonds is 6. The zero-order valence-electron chi connectivity index (χ0n) is 11.3. The van der Waals surface area contributed by atoms with E-state index in [0.717, 1.165) is 24.3 Å². The van der Waals surface area contributed by atoms with Crippen LogP contribution in [0.3, 0.4) is 0 Å². The molecule has 2 N–H and O–H groups in total. The molecular formula is C13H20N2O3S2. The fourth-order valence-corrected chi connectivity index (χ4v) is 4.58. The molecule has 1 saturated carbocycles. The topological polar surface area (TPSA) is 71.3 Å². The summed E-state index contributed by atoms with van der Waals surface area (Å²) in [5, 5.41) is 3.34. The van der Waals surface area contributed by atoms with Crippen molar-refractivity contribution in [1.82, 2.24) is 10.0 Å². The highest BCUT2D eigenvalue weighted by Crippen LogP contribution is 2.22. The molecule has 5 nitrogen and oxygen atoms in total. The number of nitrogens with one attached hydrogen (secondary N) is 2. The minimum absolute atomic E-state index is 0.0309. The van der Waals surface area contributed by atoms with Gasteiger partial charge in [-0.2, -0.15) is 11.8 Å². The number of hydrogen-bond donors (Lipinski definition) is 2. The van der Waals surface area contributed by atoms with Gasteiger partial charge < -0.3 is 9.73 Å². The summed E-state index contributed by atoms with van der Waals surface area (Å²) < 4.78 is 32.7. The highest BCUT2D eigenvalue weighted by Gasteiger charge is 2.25. The van der Waals surface area contributed by atoms with E-state index in [0.29, 0.717) is 18.3 Å². The first-order valence-corrected chi connectivity index (χ1v) is 9.69. The first-order chi connectivity index (χ1) is 9.63. The quantitative estimate of drug-likeness (QED) is 0.836. The van der Waals surface area contributed by atoms with Crippen LogP contribution in [0.4, 0.5) is 0 Å². The molecule has 0 amide bonds. The molecule has 7 heteroatoms. The van der Waals surface area contributed by atoms with Gasteiger partial charge in [-0.1, -0.05) is 0 Å². The van der Waals surface area contributed by atoms with Crippen molar-refractivity contribution in [3.8, 4) is 0 Å². The molecule has 1 aromatic heterocycles. The van der Waals surface area contributed by atoms with Crippen molar-refractivity contribution < 1.29 is 12.8 Å². The normalized spacial score (nSPS) is 21.2. The predicted octanol–water partition coefficient (Wildman–Crippen LogP) is 1.71. The highest BCUT2D eigenvalue weighted by atomic mass is 32.2. The molecule has 112 valence electrons. The van der Waals surface area contributed by atoms with Gasteiger partial charge in [0.15, 0.2) is 0 Å². The molecule has 0 spiro atoms. The van der Waals surface area contributed by atoms with E-state index in [-0.39, 0.29) is 11.1 Å². The lowest BCUT2D eigenvalue weighted by atomic mass is 10.2. The third-order valence-electron chi connectivity index (χ3n) is 3.59. The van der Waals surface area contributed by atoms with Crippen LogP contribution in [0.5, 0.6) is 0 Å². The first kappa shape index (κ1) is 14.4. The summed E-state index contributed by atoms with van der Waals surface area (Å²) in [5.41, 5.74) is 0. The molecule has 0 unspecified atom stereocenters. The Labute approximate surface area is 123 Å². The van der Waals surface area contributed by atoms with Gasteiger partial charge >= 0.3 is 0 Å². The predicted molar refractivity (Wildman–Crippen MR) is 79.2 cm³/mol. The minimum atomic E-state index is -3.52. The van der Waals surface area contributed by atoms with Crippen LogP contribution < -0.4 is 10.0 Å². The maximum absolute atomic E-state index is 12.2. The minimum Gasteiger partial charge on any atom is -0.447 e. The second kappa shape index (κ2) is 6.09. The van der Waals surface area contributed by atoms with E-state index >= 15 is 0 Å². The summed E-state index contributed by atoms with van der Waals surface area (Å²) in [5.74, 6) is 2.71. The highest BCUT2D eigenvalue weighted by molar-refractivity contribution is 7.99. The van der Waals surface area contributed by atoms with E-state index in [1.165, 1.54) is 12.8 Å². The van der Waals surface area contributed by atoms with Gasteiger partial charge in [-0.3, -0.25) is 0 Å². The van der Waals surface area contributed by atoms with Crippen LogP contribution in [-0.2, 0) is 16.6 Å². The van der Waals surface area contributed by atoms with E-state index in [4.69, 9.17) is 4.42 Å². The molecule has 3 rings (SSSR count). The second-order valence-corrected chi connectivity index (χ2v) is 8.25. The van der Waals surface area contributed by atoms with Crippen LogP contribution in [0, 0.1) is 0 Å². The smallest absolute Gasteiger partial charge is 0.274 e. The molecule has 0 atom stereocenters. The summed E-state index contributed by atoms with van der Waals surface area (Å²) in [6.07, 6.45) is 4.18. The van der Waals surface area contributed by atoms with Gasteiger partial charge in [-0.05, 0) is 49.3 Å².